The van der Waals surface area contributed by atoms with Gasteiger partial charge in [0.15, 0.2) is 0 Å². The molecule has 5 rings (SSSR count). The molecule has 0 saturated carbocycles. The van der Waals surface area contributed by atoms with Gasteiger partial charge in [0.1, 0.15) is 24.2 Å². The van der Waals surface area contributed by atoms with Crippen LogP contribution < -0.4 is 4.74 Å². The zero-order chi connectivity index (χ0) is 25.1. The van der Waals surface area contributed by atoms with E-state index in [1.165, 1.54) is 16.2 Å². The molecule has 1 N–H and O–H groups in total. The van der Waals surface area contributed by atoms with Crippen LogP contribution in [0.3, 0.4) is 0 Å². The third kappa shape index (κ3) is 4.65. The predicted molar refractivity (Wildman–Crippen MR) is 138 cm³/mol. The molecule has 0 bridgehead atoms. The van der Waals surface area contributed by atoms with E-state index in [2.05, 4.69) is 4.98 Å². The lowest BCUT2D eigenvalue weighted by Crippen LogP contribution is -2.29. The number of ether oxygens (including phenoxy) is 1. The van der Waals surface area contributed by atoms with Crippen molar-refractivity contribution in [2.24, 2.45) is 0 Å². The molecule has 4 aromatic rings. The minimum absolute atomic E-state index is 0.0794. The number of hydrogen-bond donors (Lipinski definition) is 1. The van der Waals surface area contributed by atoms with Crippen LogP contribution >= 0.6 is 11.3 Å². The van der Waals surface area contributed by atoms with Crippen LogP contribution in [0.2, 0.25) is 0 Å². The standard InChI is InChI=1S/C29H24N2O4S/c1-19-16-21(12-13-23(19)35-18-20-8-3-2-4-9-20)27(32)25-26(24-11-7-15-36-24)31(29(34)28(25)33)17-22-10-5-6-14-30-22/h2-16,26,32H,17-18H2,1H3/b27-25-. The first-order valence-electron chi connectivity index (χ1n) is 11.5. The molecule has 0 aliphatic carbocycles. The molecular formula is C29H24N2O4S. The zero-order valence-electron chi connectivity index (χ0n) is 19.6. The number of ketones is 1. The summed E-state index contributed by atoms with van der Waals surface area (Å²) in [6.07, 6.45) is 1.65. The van der Waals surface area contributed by atoms with Crippen molar-refractivity contribution in [2.45, 2.75) is 26.1 Å². The number of carbonyl (C=O) groups is 2. The number of aliphatic hydroxyl groups excluding tert-OH is 1. The maximum atomic E-state index is 13.2. The van der Waals surface area contributed by atoms with Gasteiger partial charge < -0.3 is 14.7 Å². The van der Waals surface area contributed by atoms with E-state index in [4.69, 9.17) is 4.74 Å². The summed E-state index contributed by atoms with van der Waals surface area (Å²) in [5.74, 6) is -0.877. The summed E-state index contributed by atoms with van der Waals surface area (Å²) in [5.41, 5.74) is 3.06. The number of Topliss-reactive ketones (excluding diaryl/α,β-unsaturated/α-hetero) is 1. The smallest absolute Gasteiger partial charge is 0.296 e. The highest BCUT2D eigenvalue weighted by molar-refractivity contribution is 7.10. The molecule has 1 amide bonds. The van der Waals surface area contributed by atoms with E-state index in [-0.39, 0.29) is 17.9 Å². The summed E-state index contributed by atoms with van der Waals surface area (Å²) in [6.45, 7) is 2.47. The molecule has 0 radical (unpaired) electrons. The summed E-state index contributed by atoms with van der Waals surface area (Å²) in [7, 11) is 0. The molecule has 7 heteroatoms. The van der Waals surface area contributed by atoms with Gasteiger partial charge in [0, 0.05) is 16.6 Å². The Labute approximate surface area is 213 Å². The van der Waals surface area contributed by atoms with Crippen LogP contribution in [0.4, 0.5) is 0 Å². The van der Waals surface area contributed by atoms with Crippen LogP contribution in [-0.2, 0) is 22.7 Å². The average molecular weight is 497 g/mol. The lowest BCUT2D eigenvalue weighted by molar-refractivity contribution is -0.140. The van der Waals surface area contributed by atoms with Gasteiger partial charge in [-0.15, -0.1) is 11.3 Å². The molecule has 1 unspecified atom stereocenters. The van der Waals surface area contributed by atoms with E-state index >= 15 is 0 Å². The second-order valence-electron chi connectivity index (χ2n) is 8.52. The highest BCUT2D eigenvalue weighted by Crippen LogP contribution is 2.42. The van der Waals surface area contributed by atoms with E-state index in [0.29, 0.717) is 23.6 Å². The predicted octanol–water partition coefficient (Wildman–Crippen LogP) is 5.65. The van der Waals surface area contributed by atoms with Crippen molar-refractivity contribution in [3.8, 4) is 5.75 Å². The summed E-state index contributed by atoms with van der Waals surface area (Å²) in [6, 6.07) is 23.6. The Morgan fingerprint density at radius 3 is 2.53 bits per heavy atom. The monoisotopic (exact) mass is 496 g/mol. The maximum Gasteiger partial charge on any atom is 0.296 e. The van der Waals surface area contributed by atoms with Gasteiger partial charge in [-0.1, -0.05) is 42.5 Å². The molecule has 2 aromatic carbocycles. The lowest BCUT2D eigenvalue weighted by Gasteiger charge is -2.23. The first-order valence-corrected chi connectivity index (χ1v) is 12.4. The third-order valence-electron chi connectivity index (χ3n) is 6.10. The van der Waals surface area contributed by atoms with Gasteiger partial charge >= 0.3 is 0 Å². The van der Waals surface area contributed by atoms with Gasteiger partial charge in [0.2, 0.25) is 0 Å². The van der Waals surface area contributed by atoms with Crippen LogP contribution in [0.5, 0.6) is 5.75 Å². The van der Waals surface area contributed by atoms with Crippen molar-refractivity contribution in [1.29, 1.82) is 0 Å². The maximum absolute atomic E-state index is 13.2. The molecule has 0 spiro atoms. The minimum atomic E-state index is -0.705. The number of pyridine rings is 1. The molecule has 1 fully saturated rings. The lowest BCUT2D eigenvalue weighted by atomic mass is 9.98. The molecular weight excluding hydrogens is 472 g/mol. The molecule has 3 heterocycles. The number of aliphatic hydroxyl groups is 1. The summed E-state index contributed by atoms with van der Waals surface area (Å²) in [4.78, 5) is 32.9. The molecule has 6 nitrogen and oxygen atoms in total. The van der Waals surface area contributed by atoms with Crippen molar-refractivity contribution in [3.63, 3.8) is 0 Å². The second-order valence-corrected chi connectivity index (χ2v) is 9.50. The Balaban J connectivity index is 1.48. The molecule has 1 aliphatic rings. The Morgan fingerprint density at radius 1 is 1.03 bits per heavy atom. The molecule has 1 atom stereocenters. The van der Waals surface area contributed by atoms with Gasteiger partial charge in [-0.25, -0.2) is 0 Å². The summed E-state index contributed by atoms with van der Waals surface area (Å²) in [5, 5.41) is 13.2. The SMILES string of the molecule is Cc1cc(/C(O)=C2/C(=O)C(=O)N(Cc3ccccn3)C2c2cccs2)ccc1OCc1ccccc1. The molecule has 36 heavy (non-hydrogen) atoms. The first-order chi connectivity index (χ1) is 17.5. The highest BCUT2D eigenvalue weighted by atomic mass is 32.1. The molecule has 1 aliphatic heterocycles. The summed E-state index contributed by atoms with van der Waals surface area (Å²) >= 11 is 1.43. The van der Waals surface area contributed by atoms with Gasteiger partial charge in [-0.3, -0.25) is 14.6 Å². The Kier molecular flexibility index (Phi) is 6.64. The van der Waals surface area contributed by atoms with Gasteiger partial charge in [-0.05, 0) is 59.8 Å². The van der Waals surface area contributed by atoms with E-state index in [1.807, 2.05) is 66.9 Å². The van der Waals surface area contributed by atoms with Crippen molar-refractivity contribution >= 4 is 28.8 Å². The Morgan fingerprint density at radius 2 is 1.83 bits per heavy atom. The van der Waals surface area contributed by atoms with Crippen LogP contribution in [-0.4, -0.2) is 26.7 Å². The van der Waals surface area contributed by atoms with Gasteiger partial charge in [0.25, 0.3) is 11.7 Å². The van der Waals surface area contributed by atoms with Crippen LogP contribution in [0.1, 0.15) is 33.3 Å². The number of rotatable bonds is 7. The molecule has 1 saturated heterocycles. The number of hydrogen-bond acceptors (Lipinski definition) is 6. The van der Waals surface area contributed by atoms with E-state index in [1.54, 1.807) is 30.5 Å². The molecule has 2 aromatic heterocycles. The van der Waals surface area contributed by atoms with Crippen LogP contribution in [0.25, 0.3) is 5.76 Å². The quantitative estimate of drug-likeness (QED) is 0.203. The van der Waals surface area contributed by atoms with Crippen molar-refractivity contribution in [2.75, 3.05) is 0 Å². The number of benzene rings is 2. The molecule has 180 valence electrons. The zero-order valence-corrected chi connectivity index (χ0v) is 20.4. The van der Waals surface area contributed by atoms with Gasteiger partial charge in [-0.2, -0.15) is 0 Å². The fraction of sp³-hybridized carbons (Fsp3) is 0.138. The van der Waals surface area contributed by atoms with Crippen molar-refractivity contribution in [1.82, 2.24) is 9.88 Å². The highest BCUT2D eigenvalue weighted by Gasteiger charge is 2.46. The largest absolute Gasteiger partial charge is 0.507 e. The third-order valence-corrected chi connectivity index (χ3v) is 7.02. The van der Waals surface area contributed by atoms with E-state index in [0.717, 1.165) is 16.0 Å². The van der Waals surface area contributed by atoms with Crippen LogP contribution in [0, 0.1) is 6.92 Å². The summed E-state index contributed by atoms with van der Waals surface area (Å²) < 4.78 is 5.95. The normalized spacial score (nSPS) is 16.9. The number of aromatic nitrogens is 1. The van der Waals surface area contributed by atoms with Crippen molar-refractivity contribution < 1.29 is 19.4 Å². The fourth-order valence-corrected chi connectivity index (χ4v) is 5.15. The topological polar surface area (TPSA) is 79.7 Å². The second kappa shape index (κ2) is 10.2. The van der Waals surface area contributed by atoms with Crippen LogP contribution in [0.15, 0.2) is 96.0 Å². The van der Waals surface area contributed by atoms with E-state index < -0.39 is 17.7 Å². The number of thiophene rings is 1. The number of likely N-dealkylation sites (tertiary alicyclic amines) is 1. The Bertz CT molecular complexity index is 1420. The first kappa shape index (κ1) is 23.5. The number of carbonyl (C=O) groups excluding carboxylic acids is 2. The average Bonchev–Trinajstić information content (AvgIpc) is 3.52. The van der Waals surface area contributed by atoms with E-state index in [9.17, 15) is 14.7 Å². The number of amides is 1. The minimum Gasteiger partial charge on any atom is -0.507 e. The fourth-order valence-electron chi connectivity index (χ4n) is 4.30. The number of nitrogens with zero attached hydrogens (tertiary/aromatic N) is 2. The van der Waals surface area contributed by atoms with Gasteiger partial charge in [0.05, 0.1) is 17.8 Å². The van der Waals surface area contributed by atoms with Crippen molar-refractivity contribution in [3.05, 3.63) is 123 Å². The Hall–Kier alpha value is -4.23. The number of aryl methyl sites for hydroxylation is 1.